The molecule has 0 bridgehead atoms. The van der Waals surface area contributed by atoms with Gasteiger partial charge in [-0.3, -0.25) is 14.0 Å². The van der Waals surface area contributed by atoms with E-state index in [1.54, 1.807) is 24.3 Å². The predicted molar refractivity (Wildman–Crippen MR) is 147 cm³/mol. The average molecular weight is 528 g/mol. The lowest BCUT2D eigenvalue weighted by Crippen LogP contribution is -2.25. The molecule has 6 rings (SSSR count). The van der Waals surface area contributed by atoms with Gasteiger partial charge in [-0.1, -0.05) is 13.0 Å². The van der Waals surface area contributed by atoms with Crippen LogP contribution >= 0.6 is 0 Å². The Balaban J connectivity index is 1.28. The number of anilines is 3. The van der Waals surface area contributed by atoms with Crippen molar-refractivity contribution in [1.29, 1.82) is 0 Å². The van der Waals surface area contributed by atoms with E-state index >= 15 is 0 Å². The highest BCUT2D eigenvalue weighted by Crippen LogP contribution is 2.33. The lowest BCUT2D eigenvalue weighted by Gasteiger charge is -2.25. The molecule has 2 aliphatic rings. The monoisotopic (exact) mass is 527 g/mol. The summed E-state index contributed by atoms with van der Waals surface area (Å²) in [7, 11) is 0. The van der Waals surface area contributed by atoms with Gasteiger partial charge >= 0.3 is 0 Å². The highest BCUT2D eigenvalue weighted by Gasteiger charge is 2.21. The second-order valence-corrected chi connectivity index (χ2v) is 9.38. The molecule has 200 valence electrons. The van der Waals surface area contributed by atoms with Crippen molar-refractivity contribution >= 4 is 34.7 Å². The molecule has 0 aliphatic carbocycles. The van der Waals surface area contributed by atoms with Crippen LogP contribution in [0.5, 0.6) is 17.2 Å². The van der Waals surface area contributed by atoms with Crippen LogP contribution in [0.1, 0.15) is 35.5 Å². The largest absolute Gasteiger partial charge is 0.486 e. The molecule has 39 heavy (non-hydrogen) atoms. The second kappa shape index (κ2) is 10.2. The third kappa shape index (κ3) is 4.81. The van der Waals surface area contributed by atoms with E-state index in [1.807, 2.05) is 28.8 Å². The number of aryl methyl sites for hydroxylation is 1. The number of pyridine rings is 1. The van der Waals surface area contributed by atoms with Crippen LogP contribution in [0.3, 0.4) is 0 Å². The molecule has 10 nitrogen and oxygen atoms in total. The predicted octanol–water partition coefficient (Wildman–Crippen LogP) is 4.28. The number of benzene rings is 2. The molecule has 0 fully saturated rings. The first-order valence-electron chi connectivity index (χ1n) is 13.0. The van der Waals surface area contributed by atoms with Crippen LogP contribution in [0.25, 0.3) is 5.65 Å². The Morgan fingerprint density at radius 3 is 2.69 bits per heavy atom. The van der Waals surface area contributed by atoms with Gasteiger partial charge in [0, 0.05) is 31.0 Å². The lowest BCUT2D eigenvalue weighted by molar-refractivity contribution is -0.118. The molecule has 0 radical (unpaired) electrons. The first kappa shape index (κ1) is 24.6. The maximum Gasteiger partial charge on any atom is 0.262 e. The van der Waals surface area contributed by atoms with E-state index in [-0.39, 0.29) is 18.4 Å². The molecule has 10 heteroatoms. The fraction of sp³-hybridized carbons (Fsp3) is 0.276. The van der Waals surface area contributed by atoms with Gasteiger partial charge < -0.3 is 29.7 Å². The molecule has 0 spiro atoms. The lowest BCUT2D eigenvalue weighted by atomic mass is 10.1. The van der Waals surface area contributed by atoms with Gasteiger partial charge in [-0.25, -0.2) is 4.98 Å². The minimum atomic E-state index is -0.260. The molecule has 0 atom stereocenters. The van der Waals surface area contributed by atoms with E-state index in [0.717, 1.165) is 47.2 Å². The Kier molecular flexibility index (Phi) is 6.44. The van der Waals surface area contributed by atoms with Crippen LogP contribution in [0.4, 0.5) is 17.2 Å². The molecular weight excluding hydrogens is 498 g/mol. The number of hydrogen-bond acceptors (Lipinski definition) is 7. The number of nitrogens with zero attached hydrogens (tertiary/aromatic N) is 3. The van der Waals surface area contributed by atoms with Crippen molar-refractivity contribution in [3.63, 3.8) is 0 Å². The SMILES string of the molecule is CCc1nc2ccc(C(=O)Nc3ccc4c(c3)OCC(=O)N4)cn2c1N(CC)Cc1ccc2c(c1)OCCO2. The molecule has 2 aromatic heterocycles. The molecule has 4 heterocycles. The smallest absolute Gasteiger partial charge is 0.262 e. The number of ether oxygens (including phenoxy) is 3. The second-order valence-electron chi connectivity index (χ2n) is 9.38. The Morgan fingerprint density at radius 2 is 1.87 bits per heavy atom. The third-order valence-electron chi connectivity index (χ3n) is 6.79. The number of carbonyl (C=O) groups is 2. The van der Waals surface area contributed by atoms with E-state index in [1.165, 1.54) is 0 Å². The number of fused-ring (bicyclic) bond motifs is 3. The molecule has 2 aromatic carbocycles. The number of aromatic nitrogens is 2. The number of imidazole rings is 1. The van der Waals surface area contributed by atoms with Gasteiger partial charge in [0.1, 0.15) is 30.4 Å². The van der Waals surface area contributed by atoms with E-state index in [9.17, 15) is 9.59 Å². The standard InChI is InChI=1S/C29H29N5O5/c1-3-21-29(33(4-2)15-18-5-9-23-25(13-18)38-12-11-37-23)34-16-19(6-10-26(34)31-21)28(36)30-20-7-8-22-24(14-20)39-17-27(35)32-22/h5-10,13-14,16H,3-4,11-12,15,17H2,1-2H3,(H,30,36)(H,32,35). The van der Waals surface area contributed by atoms with Crippen LogP contribution in [0.15, 0.2) is 54.7 Å². The van der Waals surface area contributed by atoms with E-state index in [2.05, 4.69) is 35.4 Å². The molecule has 0 saturated heterocycles. The summed E-state index contributed by atoms with van der Waals surface area (Å²) in [6, 6.07) is 14.8. The number of carbonyl (C=O) groups excluding carboxylic acids is 2. The zero-order valence-corrected chi connectivity index (χ0v) is 21.8. The van der Waals surface area contributed by atoms with Gasteiger partial charge in [0.2, 0.25) is 0 Å². The summed E-state index contributed by atoms with van der Waals surface area (Å²) in [5.74, 6) is 2.54. The van der Waals surface area contributed by atoms with E-state index in [4.69, 9.17) is 19.2 Å². The molecule has 0 saturated carbocycles. The number of hydrogen-bond donors (Lipinski definition) is 2. The Morgan fingerprint density at radius 1 is 1.03 bits per heavy atom. The van der Waals surface area contributed by atoms with Crippen molar-refractivity contribution in [1.82, 2.24) is 9.38 Å². The summed E-state index contributed by atoms with van der Waals surface area (Å²) in [4.78, 5) is 31.9. The van der Waals surface area contributed by atoms with Crippen molar-refractivity contribution in [2.45, 2.75) is 26.8 Å². The van der Waals surface area contributed by atoms with Crippen molar-refractivity contribution in [3.05, 3.63) is 71.5 Å². The normalized spacial score (nSPS) is 13.8. The molecule has 2 N–H and O–H groups in total. The van der Waals surface area contributed by atoms with Crippen LogP contribution in [-0.2, 0) is 17.8 Å². The summed E-state index contributed by atoms with van der Waals surface area (Å²) in [5.41, 5.74) is 4.48. The zero-order valence-electron chi connectivity index (χ0n) is 21.8. The first-order valence-corrected chi connectivity index (χ1v) is 13.0. The summed E-state index contributed by atoms with van der Waals surface area (Å²) < 4.78 is 18.9. The third-order valence-corrected chi connectivity index (χ3v) is 6.79. The Hall–Kier alpha value is -4.73. The molecule has 2 aliphatic heterocycles. The quantitative estimate of drug-likeness (QED) is 0.370. The minimum absolute atomic E-state index is 0.0512. The van der Waals surface area contributed by atoms with E-state index < -0.39 is 0 Å². The van der Waals surface area contributed by atoms with Gasteiger partial charge in [-0.2, -0.15) is 0 Å². The maximum atomic E-state index is 13.2. The topological polar surface area (TPSA) is 106 Å². The molecule has 4 aromatic rings. The summed E-state index contributed by atoms with van der Waals surface area (Å²) in [6.07, 6.45) is 2.58. The van der Waals surface area contributed by atoms with Crippen molar-refractivity contribution < 1.29 is 23.8 Å². The highest BCUT2D eigenvalue weighted by molar-refractivity contribution is 6.05. The van der Waals surface area contributed by atoms with Gasteiger partial charge in [-0.05, 0) is 55.3 Å². The van der Waals surface area contributed by atoms with Crippen molar-refractivity contribution in [2.75, 3.05) is 41.9 Å². The molecule has 2 amide bonds. The summed E-state index contributed by atoms with van der Waals surface area (Å²) in [5, 5.41) is 5.68. The van der Waals surface area contributed by atoms with Crippen LogP contribution in [0, 0.1) is 0 Å². The van der Waals surface area contributed by atoms with Gasteiger partial charge in [0.05, 0.1) is 16.9 Å². The van der Waals surface area contributed by atoms with Gasteiger partial charge in [0.25, 0.3) is 11.8 Å². The Bertz CT molecular complexity index is 1580. The van der Waals surface area contributed by atoms with Gasteiger partial charge in [-0.15, -0.1) is 0 Å². The average Bonchev–Trinajstić information content (AvgIpc) is 3.33. The molecular formula is C29H29N5O5. The van der Waals surface area contributed by atoms with Gasteiger partial charge in [0.15, 0.2) is 18.1 Å². The van der Waals surface area contributed by atoms with E-state index in [0.29, 0.717) is 42.4 Å². The highest BCUT2D eigenvalue weighted by atomic mass is 16.6. The summed E-state index contributed by atoms with van der Waals surface area (Å²) in [6.45, 7) is 6.63. The fourth-order valence-corrected chi connectivity index (χ4v) is 4.89. The minimum Gasteiger partial charge on any atom is -0.486 e. The van der Waals surface area contributed by atoms with Crippen molar-refractivity contribution in [3.8, 4) is 17.2 Å². The zero-order chi connectivity index (χ0) is 26.9. The Labute approximate surface area is 225 Å². The number of rotatable bonds is 7. The van der Waals surface area contributed by atoms with Crippen LogP contribution in [0.2, 0.25) is 0 Å². The molecule has 0 unspecified atom stereocenters. The summed E-state index contributed by atoms with van der Waals surface area (Å²) >= 11 is 0. The fourth-order valence-electron chi connectivity index (χ4n) is 4.89. The first-order chi connectivity index (χ1) is 19.0. The number of nitrogens with one attached hydrogen (secondary N) is 2. The maximum absolute atomic E-state index is 13.2. The van der Waals surface area contributed by atoms with Crippen molar-refractivity contribution in [2.24, 2.45) is 0 Å². The number of amides is 2. The van der Waals surface area contributed by atoms with Crippen LogP contribution in [-0.4, -0.2) is 47.6 Å². The van der Waals surface area contributed by atoms with Crippen LogP contribution < -0.4 is 29.7 Å².